The number of fused-ring (bicyclic) bond motifs is 1. The number of carbonyl (C=O) groups is 1. The van der Waals surface area contributed by atoms with Crippen molar-refractivity contribution in [2.45, 2.75) is 6.54 Å². The van der Waals surface area contributed by atoms with Crippen LogP contribution in [0.1, 0.15) is 0 Å². The molecule has 0 bridgehead atoms. The second-order valence-electron chi connectivity index (χ2n) is 2.70. The van der Waals surface area contributed by atoms with E-state index in [0.29, 0.717) is 5.02 Å². The van der Waals surface area contributed by atoms with E-state index in [0.717, 1.165) is 17.2 Å². The summed E-state index contributed by atoms with van der Waals surface area (Å²) in [6.07, 6.45) is 2.53. The zero-order valence-corrected chi connectivity index (χ0v) is 7.53. The molecule has 0 radical (unpaired) electrons. The van der Waals surface area contributed by atoms with Crippen molar-refractivity contribution in [1.82, 2.24) is 9.78 Å². The summed E-state index contributed by atoms with van der Waals surface area (Å²) < 4.78 is 1.62. The monoisotopic (exact) mass is 194 g/mol. The van der Waals surface area contributed by atoms with Crippen LogP contribution < -0.4 is 0 Å². The van der Waals surface area contributed by atoms with Gasteiger partial charge < -0.3 is 4.79 Å². The highest BCUT2D eigenvalue weighted by Gasteiger charge is 2.01. The number of benzene rings is 1. The van der Waals surface area contributed by atoms with Crippen LogP contribution in [0.4, 0.5) is 0 Å². The van der Waals surface area contributed by atoms with E-state index < -0.39 is 0 Å². The van der Waals surface area contributed by atoms with Crippen LogP contribution in [0.25, 0.3) is 10.9 Å². The van der Waals surface area contributed by atoms with Gasteiger partial charge in [0.05, 0.1) is 18.3 Å². The quantitative estimate of drug-likeness (QED) is 0.685. The lowest BCUT2D eigenvalue weighted by atomic mass is 10.2. The van der Waals surface area contributed by atoms with Crippen LogP contribution in [-0.4, -0.2) is 16.1 Å². The Balaban J connectivity index is 2.64. The molecule has 0 aliphatic carbocycles. The first-order valence-electron chi connectivity index (χ1n) is 3.86. The number of carbonyl (C=O) groups excluding carboxylic acids is 1. The molecule has 0 aliphatic rings. The summed E-state index contributed by atoms with van der Waals surface area (Å²) >= 11 is 5.82. The number of nitrogens with zero attached hydrogens (tertiary/aromatic N) is 2. The Labute approximate surface area is 79.9 Å². The Morgan fingerprint density at radius 2 is 2.38 bits per heavy atom. The fraction of sp³-hybridized carbons (Fsp3) is 0.111. The highest BCUT2D eigenvalue weighted by atomic mass is 35.5. The van der Waals surface area contributed by atoms with E-state index in [1.807, 2.05) is 6.07 Å². The highest BCUT2D eigenvalue weighted by molar-refractivity contribution is 6.31. The van der Waals surface area contributed by atoms with Gasteiger partial charge in [-0.05, 0) is 18.2 Å². The molecule has 1 aromatic heterocycles. The van der Waals surface area contributed by atoms with E-state index in [2.05, 4.69) is 5.10 Å². The summed E-state index contributed by atoms with van der Waals surface area (Å²) in [5.41, 5.74) is 0.889. The molecule has 0 N–H and O–H groups in total. The van der Waals surface area contributed by atoms with Crippen molar-refractivity contribution in [3.05, 3.63) is 29.4 Å². The highest BCUT2D eigenvalue weighted by Crippen LogP contribution is 2.18. The molecule has 0 amide bonds. The van der Waals surface area contributed by atoms with Crippen molar-refractivity contribution < 1.29 is 4.79 Å². The molecule has 0 unspecified atom stereocenters. The molecule has 2 aromatic rings. The third-order valence-corrected chi connectivity index (χ3v) is 2.09. The van der Waals surface area contributed by atoms with E-state index in [-0.39, 0.29) is 6.54 Å². The maximum Gasteiger partial charge on any atom is 0.141 e. The summed E-state index contributed by atoms with van der Waals surface area (Å²) in [7, 11) is 0. The van der Waals surface area contributed by atoms with Crippen molar-refractivity contribution in [1.29, 1.82) is 0 Å². The predicted molar refractivity (Wildman–Crippen MR) is 50.8 cm³/mol. The first-order chi connectivity index (χ1) is 6.31. The molecule has 13 heavy (non-hydrogen) atoms. The smallest absolute Gasteiger partial charge is 0.141 e. The van der Waals surface area contributed by atoms with Crippen LogP contribution in [0.3, 0.4) is 0 Å². The van der Waals surface area contributed by atoms with Crippen molar-refractivity contribution >= 4 is 28.8 Å². The second-order valence-corrected chi connectivity index (χ2v) is 3.13. The minimum atomic E-state index is 0.268. The second kappa shape index (κ2) is 3.18. The molecule has 0 aliphatic heterocycles. The van der Waals surface area contributed by atoms with Gasteiger partial charge in [-0.2, -0.15) is 5.10 Å². The van der Waals surface area contributed by atoms with Gasteiger partial charge >= 0.3 is 0 Å². The minimum Gasteiger partial charge on any atom is -0.301 e. The van der Waals surface area contributed by atoms with Gasteiger partial charge in [0.15, 0.2) is 0 Å². The molecule has 1 aromatic carbocycles. The average molecular weight is 195 g/mol. The number of hydrogen-bond donors (Lipinski definition) is 0. The van der Waals surface area contributed by atoms with Gasteiger partial charge in [-0.1, -0.05) is 11.6 Å². The maximum atomic E-state index is 10.3. The molecule has 0 saturated heterocycles. The SMILES string of the molecule is O=CCn1ncc2ccc(Cl)cc21. The van der Waals surface area contributed by atoms with E-state index in [4.69, 9.17) is 11.6 Å². The number of hydrogen-bond acceptors (Lipinski definition) is 2. The zero-order chi connectivity index (χ0) is 9.26. The van der Waals surface area contributed by atoms with Gasteiger partial charge in [-0.15, -0.1) is 0 Å². The summed E-state index contributed by atoms with van der Waals surface area (Å²) in [4.78, 5) is 10.3. The standard InChI is InChI=1S/C9H7ClN2O/c10-8-2-1-7-6-11-12(3-4-13)9(7)5-8/h1-2,4-6H,3H2. The number of rotatable bonds is 2. The predicted octanol–water partition coefficient (Wildman–Crippen LogP) is 1.89. The first-order valence-corrected chi connectivity index (χ1v) is 4.24. The first kappa shape index (κ1) is 8.26. The average Bonchev–Trinajstić information content (AvgIpc) is 2.49. The Hall–Kier alpha value is -1.35. The number of halogens is 1. The Morgan fingerprint density at radius 3 is 3.15 bits per heavy atom. The van der Waals surface area contributed by atoms with E-state index >= 15 is 0 Å². The van der Waals surface area contributed by atoms with Crippen LogP contribution in [-0.2, 0) is 11.3 Å². The lowest BCUT2D eigenvalue weighted by molar-refractivity contribution is -0.108. The van der Waals surface area contributed by atoms with E-state index in [1.165, 1.54) is 0 Å². The zero-order valence-electron chi connectivity index (χ0n) is 6.77. The Kier molecular flexibility index (Phi) is 2.02. The molecule has 66 valence electrons. The number of aromatic nitrogens is 2. The molecule has 2 rings (SSSR count). The lowest BCUT2D eigenvalue weighted by Gasteiger charge is -1.96. The van der Waals surface area contributed by atoms with Crippen molar-refractivity contribution in [3.8, 4) is 0 Å². The summed E-state index contributed by atoms with van der Waals surface area (Å²) in [6, 6.07) is 5.48. The van der Waals surface area contributed by atoms with Crippen molar-refractivity contribution in [2.75, 3.05) is 0 Å². The summed E-state index contributed by atoms with van der Waals surface area (Å²) in [5, 5.41) is 5.70. The topological polar surface area (TPSA) is 34.9 Å². The molecule has 3 nitrogen and oxygen atoms in total. The van der Waals surface area contributed by atoms with Crippen LogP contribution in [0, 0.1) is 0 Å². The van der Waals surface area contributed by atoms with E-state index in [9.17, 15) is 4.79 Å². The van der Waals surface area contributed by atoms with Gasteiger partial charge in [-0.25, -0.2) is 0 Å². The molecule has 0 fully saturated rings. The molecule has 0 saturated carbocycles. The lowest BCUT2D eigenvalue weighted by Crippen LogP contribution is -1.99. The van der Waals surface area contributed by atoms with Gasteiger partial charge in [0, 0.05) is 10.4 Å². The van der Waals surface area contributed by atoms with Crippen LogP contribution in [0.15, 0.2) is 24.4 Å². The largest absolute Gasteiger partial charge is 0.301 e. The van der Waals surface area contributed by atoms with Gasteiger partial charge in [0.2, 0.25) is 0 Å². The molecule has 0 atom stereocenters. The van der Waals surface area contributed by atoms with Crippen LogP contribution in [0.2, 0.25) is 5.02 Å². The summed E-state index contributed by atoms with van der Waals surface area (Å²) in [5.74, 6) is 0. The van der Waals surface area contributed by atoms with Crippen molar-refractivity contribution in [3.63, 3.8) is 0 Å². The molecule has 4 heteroatoms. The van der Waals surface area contributed by atoms with Crippen LogP contribution >= 0.6 is 11.6 Å². The molecule has 0 spiro atoms. The third-order valence-electron chi connectivity index (χ3n) is 1.85. The molecule has 1 heterocycles. The normalized spacial score (nSPS) is 10.5. The summed E-state index contributed by atoms with van der Waals surface area (Å²) in [6.45, 7) is 0.268. The fourth-order valence-electron chi connectivity index (χ4n) is 1.26. The van der Waals surface area contributed by atoms with Gasteiger partial charge in [0.1, 0.15) is 6.29 Å². The molecular formula is C9H7ClN2O. The Morgan fingerprint density at radius 1 is 1.54 bits per heavy atom. The minimum absolute atomic E-state index is 0.268. The fourth-order valence-corrected chi connectivity index (χ4v) is 1.43. The van der Waals surface area contributed by atoms with Gasteiger partial charge in [0.25, 0.3) is 0 Å². The van der Waals surface area contributed by atoms with Crippen LogP contribution in [0.5, 0.6) is 0 Å². The van der Waals surface area contributed by atoms with E-state index in [1.54, 1.807) is 23.0 Å². The van der Waals surface area contributed by atoms with Crippen molar-refractivity contribution in [2.24, 2.45) is 0 Å². The maximum absolute atomic E-state index is 10.3. The number of aldehydes is 1. The third kappa shape index (κ3) is 1.42. The Bertz CT molecular complexity index is 450. The van der Waals surface area contributed by atoms with Gasteiger partial charge in [-0.3, -0.25) is 4.68 Å². The molecular weight excluding hydrogens is 188 g/mol.